The summed E-state index contributed by atoms with van der Waals surface area (Å²) in [7, 11) is 1.80. The molecule has 0 spiro atoms. The smallest absolute Gasteiger partial charge is 0.294 e. The number of rotatable bonds is 4. The zero-order valence-electron chi connectivity index (χ0n) is 9.03. The van der Waals surface area contributed by atoms with Crippen molar-refractivity contribution in [2.24, 2.45) is 0 Å². The standard InChI is InChI=1S/C12H13BrN2O/c1-14-12-15-11(8-16-12)6-5-9-3-2-4-10(13)7-9/h2-4,7-8H,5-6H2,1H3,(H,14,15). The van der Waals surface area contributed by atoms with Gasteiger partial charge in [-0.05, 0) is 30.5 Å². The van der Waals surface area contributed by atoms with Gasteiger partial charge in [-0.25, -0.2) is 0 Å². The van der Waals surface area contributed by atoms with E-state index in [9.17, 15) is 0 Å². The molecule has 1 heterocycles. The molecule has 1 N–H and O–H groups in total. The number of nitrogens with zero attached hydrogens (tertiary/aromatic N) is 1. The van der Waals surface area contributed by atoms with E-state index in [1.54, 1.807) is 13.3 Å². The van der Waals surface area contributed by atoms with Crippen LogP contribution in [0.5, 0.6) is 0 Å². The Bertz CT molecular complexity index is 468. The lowest BCUT2D eigenvalue weighted by atomic mass is 10.1. The highest BCUT2D eigenvalue weighted by Crippen LogP contribution is 2.14. The molecule has 0 amide bonds. The van der Waals surface area contributed by atoms with Gasteiger partial charge in [-0.3, -0.25) is 0 Å². The molecule has 0 aliphatic heterocycles. The van der Waals surface area contributed by atoms with E-state index in [1.165, 1.54) is 5.56 Å². The number of oxazole rings is 1. The van der Waals surface area contributed by atoms with Gasteiger partial charge in [-0.2, -0.15) is 4.98 Å². The molecule has 0 saturated carbocycles. The predicted octanol–water partition coefficient (Wildman–Crippen LogP) is 3.26. The van der Waals surface area contributed by atoms with Crippen LogP contribution in [0.1, 0.15) is 11.3 Å². The summed E-state index contributed by atoms with van der Waals surface area (Å²) in [5.41, 5.74) is 2.27. The Morgan fingerprint density at radius 1 is 1.38 bits per heavy atom. The second-order valence-corrected chi connectivity index (χ2v) is 4.44. The van der Waals surface area contributed by atoms with Crippen LogP contribution in [-0.2, 0) is 12.8 Å². The largest absolute Gasteiger partial charge is 0.432 e. The molecule has 3 nitrogen and oxygen atoms in total. The molecule has 0 bridgehead atoms. The summed E-state index contributed by atoms with van der Waals surface area (Å²) < 4.78 is 6.31. The molecule has 2 rings (SSSR count). The van der Waals surface area contributed by atoms with Gasteiger partial charge in [0, 0.05) is 11.5 Å². The molecule has 4 heteroatoms. The Labute approximate surface area is 103 Å². The van der Waals surface area contributed by atoms with Crippen LogP contribution in [0.2, 0.25) is 0 Å². The van der Waals surface area contributed by atoms with Gasteiger partial charge in [0.15, 0.2) is 0 Å². The molecule has 0 aliphatic rings. The fourth-order valence-electron chi connectivity index (χ4n) is 1.50. The van der Waals surface area contributed by atoms with E-state index in [-0.39, 0.29) is 0 Å². The number of anilines is 1. The molecule has 0 radical (unpaired) electrons. The van der Waals surface area contributed by atoms with Crippen molar-refractivity contribution in [1.29, 1.82) is 0 Å². The third kappa shape index (κ3) is 2.85. The van der Waals surface area contributed by atoms with Crippen molar-refractivity contribution in [2.45, 2.75) is 12.8 Å². The van der Waals surface area contributed by atoms with Crippen LogP contribution in [0.4, 0.5) is 6.01 Å². The Morgan fingerprint density at radius 3 is 2.94 bits per heavy atom. The SMILES string of the molecule is CNc1nc(CCc2cccc(Br)c2)co1. The molecule has 16 heavy (non-hydrogen) atoms. The highest BCUT2D eigenvalue weighted by atomic mass is 79.9. The Hall–Kier alpha value is -1.29. The third-order valence-corrected chi connectivity index (χ3v) is 2.82. The Kier molecular flexibility index (Phi) is 3.62. The van der Waals surface area contributed by atoms with Crippen LogP contribution < -0.4 is 5.32 Å². The summed E-state index contributed by atoms with van der Waals surface area (Å²) in [5, 5.41) is 2.87. The van der Waals surface area contributed by atoms with E-state index < -0.39 is 0 Å². The number of aromatic nitrogens is 1. The van der Waals surface area contributed by atoms with Gasteiger partial charge in [0.25, 0.3) is 6.01 Å². The van der Waals surface area contributed by atoms with Gasteiger partial charge >= 0.3 is 0 Å². The average molecular weight is 281 g/mol. The average Bonchev–Trinajstić information content (AvgIpc) is 2.74. The maximum atomic E-state index is 5.19. The van der Waals surface area contributed by atoms with E-state index in [0.717, 1.165) is 23.0 Å². The first-order chi connectivity index (χ1) is 7.78. The van der Waals surface area contributed by atoms with Crippen LogP contribution in [-0.4, -0.2) is 12.0 Å². The molecule has 2 aromatic rings. The molecule has 0 unspecified atom stereocenters. The topological polar surface area (TPSA) is 38.1 Å². The second-order valence-electron chi connectivity index (χ2n) is 3.52. The molecule has 0 atom stereocenters. The maximum absolute atomic E-state index is 5.19. The van der Waals surface area contributed by atoms with Gasteiger partial charge in [0.1, 0.15) is 6.26 Å². The molecule has 0 fully saturated rings. The van der Waals surface area contributed by atoms with Gasteiger partial charge in [-0.15, -0.1) is 0 Å². The van der Waals surface area contributed by atoms with Crippen molar-refractivity contribution in [3.63, 3.8) is 0 Å². The second kappa shape index (κ2) is 5.16. The van der Waals surface area contributed by atoms with Gasteiger partial charge in [0.05, 0.1) is 5.69 Å². The summed E-state index contributed by atoms with van der Waals surface area (Å²) in [4.78, 5) is 4.28. The minimum Gasteiger partial charge on any atom is -0.432 e. The normalized spacial score (nSPS) is 10.4. The van der Waals surface area contributed by atoms with Crippen LogP contribution in [0.3, 0.4) is 0 Å². The van der Waals surface area contributed by atoms with Crippen molar-refractivity contribution in [1.82, 2.24) is 4.98 Å². The summed E-state index contributed by atoms with van der Waals surface area (Å²) in [6, 6.07) is 8.88. The van der Waals surface area contributed by atoms with Crippen molar-refractivity contribution in [2.75, 3.05) is 12.4 Å². The van der Waals surface area contributed by atoms with Crippen molar-refractivity contribution >= 4 is 21.9 Å². The fourth-order valence-corrected chi connectivity index (χ4v) is 1.95. The van der Waals surface area contributed by atoms with Crippen molar-refractivity contribution < 1.29 is 4.42 Å². The third-order valence-electron chi connectivity index (χ3n) is 2.32. The number of benzene rings is 1. The number of hydrogen-bond donors (Lipinski definition) is 1. The van der Waals surface area contributed by atoms with Crippen LogP contribution in [0.15, 0.2) is 39.4 Å². The summed E-state index contributed by atoms with van der Waals surface area (Å²) in [6.07, 6.45) is 3.56. The molecule has 0 saturated heterocycles. The number of nitrogens with one attached hydrogen (secondary N) is 1. The van der Waals surface area contributed by atoms with Crippen molar-refractivity contribution in [3.8, 4) is 0 Å². The quantitative estimate of drug-likeness (QED) is 0.934. The number of halogens is 1. The Morgan fingerprint density at radius 2 is 2.25 bits per heavy atom. The lowest BCUT2D eigenvalue weighted by Gasteiger charge is -1.99. The van der Waals surface area contributed by atoms with Crippen molar-refractivity contribution in [3.05, 3.63) is 46.3 Å². The first-order valence-electron chi connectivity index (χ1n) is 5.14. The van der Waals surface area contributed by atoms with Crippen LogP contribution in [0.25, 0.3) is 0 Å². The summed E-state index contributed by atoms with van der Waals surface area (Å²) in [6.45, 7) is 0. The van der Waals surface area contributed by atoms with Gasteiger partial charge in [-0.1, -0.05) is 28.1 Å². The minimum atomic E-state index is 0.573. The highest BCUT2D eigenvalue weighted by molar-refractivity contribution is 9.10. The van der Waals surface area contributed by atoms with Crippen LogP contribution >= 0.6 is 15.9 Å². The molecule has 1 aromatic carbocycles. The fraction of sp³-hybridized carbons (Fsp3) is 0.250. The lowest BCUT2D eigenvalue weighted by molar-refractivity contribution is 0.573. The molecular formula is C12H13BrN2O. The molecule has 0 aliphatic carbocycles. The maximum Gasteiger partial charge on any atom is 0.294 e. The number of aryl methyl sites for hydroxylation is 2. The first-order valence-corrected chi connectivity index (χ1v) is 5.94. The van der Waals surface area contributed by atoms with E-state index in [2.05, 4.69) is 38.4 Å². The van der Waals surface area contributed by atoms with Crippen LogP contribution in [0, 0.1) is 0 Å². The molecule has 84 valence electrons. The zero-order valence-corrected chi connectivity index (χ0v) is 10.6. The zero-order chi connectivity index (χ0) is 11.4. The summed E-state index contributed by atoms with van der Waals surface area (Å²) in [5.74, 6) is 0. The van der Waals surface area contributed by atoms with Gasteiger partial charge in [0.2, 0.25) is 0 Å². The lowest BCUT2D eigenvalue weighted by Crippen LogP contribution is -1.93. The monoisotopic (exact) mass is 280 g/mol. The predicted molar refractivity (Wildman–Crippen MR) is 67.6 cm³/mol. The minimum absolute atomic E-state index is 0.573. The number of hydrogen-bond acceptors (Lipinski definition) is 3. The van der Waals surface area contributed by atoms with Gasteiger partial charge < -0.3 is 9.73 Å². The highest BCUT2D eigenvalue weighted by Gasteiger charge is 2.02. The Balaban J connectivity index is 1.96. The van der Waals surface area contributed by atoms with E-state index in [4.69, 9.17) is 4.42 Å². The molecule has 1 aromatic heterocycles. The van der Waals surface area contributed by atoms with E-state index >= 15 is 0 Å². The summed E-state index contributed by atoms with van der Waals surface area (Å²) >= 11 is 3.46. The first kappa shape index (κ1) is 11.2. The molecular weight excluding hydrogens is 268 g/mol. The van der Waals surface area contributed by atoms with E-state index in [0.29, 0.717) is 6.01 Å². The van der Waals surface area contributed by atoms with E-state index in [1.807, 2.05) is 12.1 Å².